The third-order valence-corrected chi connectivity index (χ3v) is 6.64. The zero-order chi connectivity index (χ0) is 21.9. The average molecular weight is 489 g/mol. The van der Waals surface area contributed by atoms with Crippen molar-refractivity contribution in [3.63, 3.8) is 0 Å². The third-order valence-electron chi connectivity index (χ3n) is 4.42. The summed E-state index contributed by atoms with van der Waals surface area (Å²) >= 11 is 3.35. The van der Waals surface area contributed by atoms with Crippen LogP contribution in [0.15, 0.2) is 70.0 Å². The van der Waals surface area contributed by atoms with Crippen LogP contribution in [0.1, 0.15) is 21.5 Å². The topological polar surface area (TPSA) is 84.5 Å². The lowest BCUT2D eigenvalue weighted by molar-refractivity contribution is 0.102. The maximum atomic E-state index is 12.9. The Morgan fingerprint density at radius 3 is 2.43 bits per heavy atom. The van der Waals surface area contributed by atoms with E-state index in [1.54, 1.807) is 55.5 Å². The summed E-state index contributed by atoms with van der Waals surface area (Å²) in [7, 11) is -2.32. The number of nitrogens with one attached hydrogen (secondary N) is 2. The lowest BCUT2D eigenvalue weighted by atomic mass is 10.2. The molecule has 8 heteroatoms. The zero-order valence-corrected chi connectivity index (χ0v) is 19.1. The number of anilines is 2. The van der Waals surface area contributed by atoms with Gasteiger partial charge in [-0.2, -0.15) is 0 Å². The minimum Gasteiger partial charge on any atom is -0.497 e. The second-order valence-corrected chi connectivity index (χ2v) is 9.26. The highest BCUT2D eigenvalue weighted by molar-refractivity contribution is 9.10. The lowest BCUT2D eigenvalue weighted by Crippen LogP contribution is -2.16. The quantitative estimate of drug-likeness (QED) is 0.503. The largest absolute Gasteiger partial charge is 0.497 e. The minimum atomic E-state index is -3.83. The summed E-state index contributed by atoms with van der Waals surface area (Å²) < 4.78 is 34.2. The summed E-state index contributed by atoms with van der Waals surface area (Å²) in [5, 5.41) is 2.75. The fourth-order valence-electron chi connectivity index (χ4n) is 2.89. The Balaban J connectivity index is 1.89. The first-order valence-electron chi connectivity index (χ1n) is 9.04. The van der Waals surface area contributed by atoms with Gasteiger partial charge < -0.3 is 10.1 Å². The molecular weight excluding hydrogens is 468 g/mol. The first-order chi connectivity index (χ1) is 14.2. The van der Waals surface area contributed by atoms with Crippen molar-refractivity contribution in [2.75, 3.05) is 17.1 Å². The normalized spacial score (nSPS) is 11.1. The van der Waals surface area contributed by atoms with Crippen LogP contribution < -0.4 is 14.8 Å². The SMILES string of the molecule is COc1ccc(Br)c(C(=O)Nc2ccc(C)c(S(=O)(=O)Nc3cccc(C)c3)c2)c1. The third kappa shape index (κ3) is 5.01. The van der Waals surface area contributed by atoms with Crippen LogP contribution in [-0.4, -0.2) is 21.4 Å². The van der Waals surface area contributed by atoms with Crippen molar-refractivity contribution in [3.8, 4) is 5.75 Å². The predicted molar refractivity (Wildman–Crippen MR) is 122 cm³/mol. The molecule has 0 heterocycles. The van der Waals surface area contributed by atoms with Gasteiger partial charge in [-0.3, -0.25) is 9.52 Å². The Morgan fingerprint density at radius 1 is 0.967 bits per heavy atom. The molecule has 3 rings (SSSR count). The summed E-state index contributed by atoms with van der Waals surface area (Å²) in [6.45, 7) is 3.59. The van der Waals surface area contributed by atoms with Crippen molar-refractivity contribution >= 4 is 43.2 Å². The zero-order valence-electron chi connectivity index (χ0n) is 16.7. The summed E-state index contributed by atoms with van der Waals surface area (Å²) in [4.78, 5) is 12.8. The molecule has 0 unspecified atom stereocenters. The number of methoxy groups -OCH3 is 1. The van der Waals surface area contributed by atoms with E-state index in [0.717, 1.165) is 5.56 Å². The number of benzene rings is 3. The Labute approximate surface area is 184 Å². The van der Waals surface area contributed by atoms with Gasteiger partial charge in [-0.25, -0.2) is 8.42 Å². The number of sulfonamides is 1. The van der Waals surface area contributed by atoms with E-state index in [4.69, 9.17) is 4.74 Å². The van der Waals surface area contributed by atoms with Gasteiger partial charge in [-0.1, -0.05) is 18.2 Å². The number of hydrogen-bond donors (Lipinski definition) is 2. The van der Waals surface area contributed by atoms with Crippen LogP contribution in [0.2, 0.25) is 0 Å². The van der Waals surface area contributed by atoms with Crippen LogP contribution in [0.3, 0.4) is 0 Å². The number of carbonyl (C=O) groups is 1. The van der Waals surface area contributed by atoms with Gasteiger partial charge in [0.05, 0.1) is 17.6 Å². The van der Waals surface area contributed by atoms with Crippen LogP contribution in [0.5, 0.6) is 5.75 Å². The second kappa shape index (κ2) is 8.89. The Kier molecular flexibility index (Phi) is 6.48. The minimum absolute atomic E-state index is 0.0894. The molecule has 0 aliphatic carbocycles. The van der Waals surface area contributed by atoms with Crippen molar-refractivity contribution in [1.29, 1.82) is 0 Å². The first-order valence-corrected chi connectivity index (χ1v) is 11.3. The van der Waals surface area contributed by atoms with Crippen LogP contribution in [-0.2, 0) is 10.0 Å². The number of halogens is 1. The molecule has 3 aromatic carbocycles. The maximum absolute atomic E-state index is 12.9. The summed E-state index contributed by atoms with van der Waals surface area (Å²) in [6, 6.07) is 16.9. The molecule has 0 radical (unpaired) electrons. The first kappa shape index (κ1) is 21.9. The second-order valence-electron chi connectivity index (χ2n) is 6.76. The number of amides is 1. The Bertz CT molecular complexity index is 1210. The van der Waals surface area contributed by atoms with Crippen LogP contribution in [0.4, 0.5) is 11.4 Å². The molecule has 0 atom stereocenters. The molecule has 156 valence electrons. The van der Waals surface area contributed by atoms with E-state index in [1.807, 2.05) is 13.0 Å². The van der Waals surface area contributed by atoms with Crippen molar-refractivity contribution < 1.29 is 17.9 Å². The molecule has 30 heavy (non-hydrogen) atoms. The van der Waals surface area contributed by atoms with E-state index < -0.39 is 10.0 Å². The van der Waals surface area contributed by atoms with E-state index in [-0.39, 0.29) is 10.8 Å². The van der Waals surface area contributed by atoms with E-state index in [9.17, 15) is 13.2 Å². The van der Waals surface area contributed by atoms with Crippen molar-refractivity contribution in [2.24, 2.45) is 0 Å². The number of rotatable bonds is 6. The average Bonchev–Trinajstić information content (AvgIpc) is 2.69. The molecule has 0 saturated carbocycles. The van der Waals surface area contributed by atoms with Gasteiger partial charge in [-0.05, 0) is 83.4 Å². The Morgan fingerprint density at radius 2 is 1.73 bits per heavy atom. The molecule has 1 amide bonds. The molecular formula is C22H21BrN2O4S. The lowest BCUT2D eigenvalue weighted by Gasteiger charge is -2.13. The summed E-state index contributed by atoms with van der Waals surface area (Å²) in [5.41, 5.74) is 2.72. The molecule has 0 aliphatic heterocycles. The van der Waals surface area contributed by atoms with E-state index in [2.05, 4.69) is 26.0 Å². The highest BCUT2D eigenvalue weighted by atomic mass is 79.9. The van der Waals surface area contributed by atoms with Crippen LogP contribution >= 0.6 is 15.9 Å². The monoisotopic (exact) mass is 488 g/mol. The number of ether oxygens (including phenoxy) is 1. The van der Waals surface area contributed by atoms with Crippen molar-refractivity contribution in [1.82, 2.24) is 0 Å². The predicted octanol–water partition coefficient (Wildman–Crippen LogP) is 5.13. The summed E-state index contributed by atoms with van der Waals surface area (Å²) in [6.07, 6.45) is 0. The molecule has 6 nitrogen and oxygen atoms in total. The van der Waals surface area contributed by atoms with Gasteiger partial charge in [0.25, 0.3) is 15.9 Å². The molecule has 0 aromatic heterocycles. The van der Waals surface area contributed by atoms with E-state index in [0.29, 0.717) is 32.7 Å². The Hall–Kier alpha value is -2.84. The van der Waals surface area contributed by atoms with Crippen molar-refractivity contribution in [3.05, 3.63) is 81.8 Å². The van der Waals surface area contributed by atoms with Gasteiger partial charge in [0.15, 0.2) is 0 Å². The molecule has 0 aliphatic rings. The standard InChI is InChI=1S/C22H21BrN2O4S/c1-14-5-4-6-17(11-14)25-30(27,28)21-12-16(8-7-15(21)2)24-22(26)19-13-18(29-3)9-10-20(19)23/h4-13,25H,1-3H3,(H,24,26). The molecule has 2 N–H and O–H groups in total. The van der Waals surface area contributed by atoms with Crippen LogP contribution in [0, 0.1) is 13.8 Å². The van der Waals surface area contributed by atoms with Gasteiger partial charge in [0, 0.05) is 15.8 Å². The van der Waals surface area contributed by atoms with Gasteiger partial charge in [0.1, 0.15) is 5.75 Å². The van der Waals surface area contributed by atoms with Gasteiger partial charge in [-0.15, -0.1) is 0 Å². The maximum Gasteiger partial charge on any atom is 0.262 e. The molecule has 0 bridgehead atoms. The molecule has 3 aromatic rings. The number of hydrogen-bond acceptors (Lipinski definition) is 4. The fraction of sp³-hybridized carbons (Fsp3) is 0.136. The van der Waals surface area contributed by atoms with Gasteiger partial charge in [0.2, 0.25) is 0 Å². The molecule has 0 spiro atoms. The number of aryl methyl sites for hydroxylation is 2. The smallest absolute Gasteiger partial charge is 0.262 e. The van der Waals surface area contributed by atoms with E-state index >= 15 is 0 Å². The molecule has 0 saturated heterocycles. The van der Waals surface area contributed by atoms with Crippen LogP contribution in [0.25, 0.3) is 0 Å². The highest BCUT2D eigenvalue weighted by Gasteiger charge is 2.19. The highest BCUT2D eigenvalue weighted by Crippen LogP contribution is 2.26. The van der Waals surface area contributed by atoms with E-state index in [1.165, 1.54) is 13.2 Å². The molecule has 0 fully saturated rings. The number of carbonyl (C=O) groups excluding carboxylic acids is 1. The van der Waals surface area contributed by atoms with Crippen molar-refractivity contribution in [2.45, 2.75) is 18.7 Å². The fourth-order valence-corrected chi connectivity index (χ4v) is 4.64. The van der Waals surface area contributed by atoms with Gasteiger partial charge >= 0.3 is 0 Å². The summed E-state index contributed by atoms with van der Waals surface area (Å²) in [5.74, 6) is 0.150.